The van der Waals surface area contributed by atoms with Crippen molar-refractivity contribution in [1.82, 2.24) is 19.4 Å². The van der Waals surface area contributed by atoms with Crippen LogP contribution in [0, 0.1) is 0 Å². The lowest BCUT2D eigenvalue weighted by Crippen LogP contribution is -2.56. The predicted molar refractivity (Wildman–Crippen MR) is 145 cm³/mol. The third kappa shape index (κ3) is 5.55. The zero-order valence-electron chi connectivity index (χ0n) is 21.4. The molecule has 2 aliphatic rings. The molecule has 2 amide bonds. The van der Waals surface area contributed by atoms with Crippen LogP contribution < -0.4 is 5.32 Å². The molecule has 4 rings (SSSR count). The number of rotatable bonds is 7. The first-order valence-electron chi connectivity index (χ1n) is 12.2. The van der Waals surface area contributed by atoms with Crippen molar-refractivity contribution in [1.29, 1.82) is 0 Å². The number of benzene rings is 2. The summed E-state index contributed by atoms with van der Waals surface area (Å²) in [5.74, 6) is -0.575. The fourth-order valence-corrected chi connectivity index (χ4v) is 6.88. The van der Waals surface area contributed by atoms with Crippen molar-refractivity contribution in [2.24, 2.45) is 0 Å². The van der Waals surface area contributed by atoms with E-state index in [2.05, 4.69) is 5.32 Å². The van der Waals surface area contributed by atoms with E-state index in [4.69, 9.17) is 27.9 Å². The van der Waals surface area contributed by atoms with Crippen LogP contribution in [0.3, 0.4) is 0 Å². The van der Waals surface area contributed by atoms with Crippen molar-refractivity contribution in [3.63, 3.8) is 0 Å². The Kier molecular flexibility index (Phi) is 8.68. The summed E-state index contributed by atoms with van der Waals surface area (Å²) >= 11 is 12.7. The molecule has 38 heavy (non-hydrogen) atoms. The van der Waals surface area contributed by atoms with Crippen LogP contribution in [-0.4, -0.2) is 80.4 Å². The Morgan fingerprint density at radius 3 is 2.47 bits per heavy atom. The Labute approximate surface area is 233 Å². The number of nitrogens with one attached hydrogen (secondary N) is 1. The molecule has 0 aromatic heterocycles. The van der Waals surface area contributed by atoms with E-state index >= 15 is 0 Å². The number of likely N-dealkylation sites (N-methyl/N-ethyl adjacent to an activating group) is 1. The van der Waals surface area contributed by atoms with Gasteiger partial charge in [-0.15, -0.1) is 0 Å². The molecule has 1 saturated heterocycles. The van der Waals surface area contributed by atoms with Crippen molar-refractivity contribution in [2.45, 2.75) is 30.8 Å². The zero-order chi connectivity index (χ0) is 27.6. The first kappa shape index (κ1) is 28.4. The molecule has 0 spiro atoms. The Morgan fingerprint density at radius 2 is 1.82 bits per heavy atom. The van der Waals surface area contributed by atoms with Crippen LogP contribution in [0.2, 0.25) is 10.0 Å². The minimum Gasteiger partial charge on any atom is -0.463 e. The largest absolute Gasteiger partial charge is 0.463 e. The number of sulfonamides is 1. The quantitative estimate of drug-likeness (QED) is 0.498. The van der Waals surface area contributed by atoms with Gasteiger partial charge in [0.1, 0.15) is 0 Å². The van der Waals surface area contributed by atoms with Gasteiger partial charge >= 0.3 is 12.0 Å². The van der Waals surface area contributed by atoms with Gasteiger partial charge in [-0.1, -0.05) is 53.5 Å². The topological polar surface area (TPSA) is 99.3 Å². The number of esters is 1. The summed E-state index contributed by atoms with van der Waals surface area (Å²) in [5.41, 5.74) is 1.19. The normalized spacial score (nSPS) is 21.4. The van der Waals surface area contributed by atoms with Crippen LogP contribution in [0.25, 0.3) is 0 Å². The zero-order valence-corrected chi connectivity index (χ0v) is 23.7. The number of carbonyl (C=O) groups excluding carboxylic acids is 2. The van der Waals surface area contributed by atoms with Gasteiger partial charge in [0, 0.05) is 45.0 Å². The number of amides is 2. The lowest BCUT2D eigenvalue weighted by Gasteiger charge is -2.41. The SMILES string of the molecule is CCOC(=O)C1=C(CN2CCN(S(=O)(=O)c3ccccc3)[C@H](C)C2)N(C)C(=O)N[C@H]1c1cccc(Cl)c1Cl. The molecule has 0 bridgehead atoms. The minimum atomic E-state index is -3.65. The summed E-state index contributed by atoms with van der Waals surface area (Å²) in [6.45, 7) is 5.02. The fraction of sp³-hybridized carbons (Fsp3) is 0.385. The van der Waals surface area contributed by atoms with Gasteiger partial charge in [-0.25, -0.2) is 18.0 Å². The second-order valence-electron chi connectivity index (χ2n) is 9.18. The molecule has 0 unspecified atom stereocenters. The highest BCUT2D eigenvalue weighted by Crippen LogP contribution is 2.37. The Morgan fingerprint density at radius 1 is 1.11 bits per heavy atom. The lowest BCUT2D eigenvalue weighted by molar-refractivity contribution is -0.139. The van der Waals surface area contributed by atoms with Gasteiger partial charge in [0.15, 0.2) is 0 Å². The van der Waals surface area contributed by atoms with Crippen molar-refractivity contribution >= 4 is 45.2 Å². The lowest BCUT2D eigenvalue weighted by atomic mass is 9.94. The van der Waals surface area contributed by atoms with Crippen LogP contribution in [0.5, 0.6) is 0 Å². The average molecular weight is 582 g/mol. The van der Waals surface area contributed by atoms with Crippen molar-refractivity contribution in [3.8, 4) is 0 Å². The maximum absolute atomic E-state index is 13.2. The molecule has 12 heteroatoms. The Bertz CT molecular complexity index is 1350. The summed E-state index contributed by atoms with van der Waals surface area (Å²) in [4.78, 5) is 29.9. The van der Waals surface area contributed by atoms with Crippen LogP contribution in [-0.2, 0) is 19.6 Å². The Balaban J connectivity index is 1.66. The van der Waals surface area contributed by atoms with Gasteiger partial charge in [-0.3, -0.25) is 9.80 Å². The van der Waals surface area contributed by atoms with Crippen LogP contribution >= 0.6 is 23.2 Å². The maximum atomic E-state index is 13.2. The standard InChI is InChI=1S/C26H30Cl2N4O5S/c1-4-37-25(33)22-21(30(3)26(34)29-24(22)19-11-8-12-20(27)23(19)28)16-31-13-14-32(17(2)15-31)38(35,36)18-9-6-5-7-10-18/h5-12,17,24H,4,13-16H2,1-3H3,(H,29,34)/t17-,24+/m1/s1. The number of halogens is 2. The van der Waals surface area contributed by atoms with Gasteiger partial charge in [-0.2, -0.15) is 4.31 Å². The minimum absolute atomic E-state index is 0.149. The molecule has 2 aromatic carbocycles. The van der Waals surface area contributed by atoms with E-state index in [1.54, 1.807) is 62.5 Å². The summed E-state index contributed by atoms with van der Waals surface area (Å²) in [6.07, 6.45) is 0. The molecule has 0 aliphatic carbocycles. The van der Waals surface area contributed by atoms with Crippen molar-refractivity contribution < 1.29 is 22.7 Å². The molecule has 2 aliphatic heterocycles. The smallest absolute Gasteiger partial charge is 0.338 e. The molecule has 2 heterocycles. The van der Waals surface area contributed by atoms with Gasteiger partial charge in [-0.05, 0) is 37.6 Å². The van der Waals surface area contributed by atoms with Crippen LogP contribution in [0.4, 0.5) is 4.79 Å². The Hall–Kier alpha value is -2.63. The second-order valence-corrected chi connectivity index (χ2v) is 11.9. The van der Waals surface area contributed by atoms with E-state index in [-0.39, 0.29) is 41.2 Å². The van der Waals surface area contributed by atoms with Crippen molar-refractivity contribution in [2.75, 3.05) is 39.8 Å². The first-order valence-corrected chi connectivity index (χ1v) is 14.4. The molecule has 204 valence electrons. The molecular formula is C26H30Cl2N4O5S. The summed E-state index contributed by atoms with van der Waals surface area (Å²) in [7, 11) is -2.07. The fourth-order valence-electron chi connectivity index (χ4n) is 4.83. The molecule has 2 atom stereocenters. The van der Waals surface area contributed by atoms with E-state index in [1.165, 1.54) is 9.21 Å². The number of carbonyl (C=O) groups is 2. The van der Waals surface area contributed by atoms with Gasteiger partial charge < -0.3 is 10.1 Å². The molecule has 2 aromatic rings. The highest BCUT2D eigenvalue weighted by Gasteiger charge is 2.40. The number of urea groups is 1. The summed E-state index contributed by atoms with van der Waals surface area (Å²) in [6, 6.07) is 11.8. The van der Waals surface area contributed by atoms with E-state index in [0.717, 1.165) is 0 Å². The predicted octanol–water partition coefficient (Wildman–Crippen LogP) is 3.90. The average Bonchev–Trinajstić information content (AvgIpc) is 2.89. The monoisotopic (exact) mass is 580 g/mol. The maximum Gasteiger partial charge on any atom is 0.338 e. The number of piperazine rings is 1. The molecule has 9 nitrogen and oxygen atoms in total. The summed E-state index contributed by atoms with van der Waals surface area (Å²) in [5, 5.41) is 3.37. The second kappa shape index (κ2) is 11.6. The molecular weight excluding hydrogens is 551 g/mol. The van der Waals surface area contributed by atoms with Gasteiger partial charge in [0.05, 0.1) is 33.2 Å². The highest BCUT2D eigenvalue weighted by atomic mass is 35.5. The number of nitrogens with zero attached hydrogens (tertiary/aromatic N) is 3. The van der Waals surface area contributed by atoms with Crippen LogP contribution in [0.1, 0.15) is 25.5 Å². The van der Waals surface area contributed by atoms with E-state index < -0.39 is 28.1 Å². The molecule has 1 N–H and O–H groups in total. The molecule has 1 fully saturated rings. The number of hydrogen-bond acceptors (Lipinski definition) is 6. The van der Waals surface area contributed by atoms with Crippen molar-refractivity contribution in [3.05, 3.63) is 75.4 Å². The van der Waals surface area contributed by atoms with E-state index in [0.29, 0.717) is 29.4 Å². The van der Waals surface area contributed by atoms with E-state index in [9.17, 15) is 18.0 Å². The molecule has 0 saturated carbocycles. The third-order valence-electron chi connectivity index (χ3n) is 6.74. The molecule has 0 radical (unpaired) electrons. The number of ether oxygens (including phenoxy) is 1. The van der Waals surface area contributed by atoms with Gasteiger partial charge in [0.25, 0.3) is 0 Å². The van der Waals surface area contributed by atoms with Gasteiger partial charge in [0.2, 0.25) is 10.0 Å². The highest BCUT2D eigenvalue weighted by molar-refractivity contribution is 7.89. The first-order chi connectivity index (χ1) is 18.1. The number of hydrogen-bond donors (Lipinski definition) is 1. The van der Waals surface area contributed by atoms with E-state index in [1.807, 2.05) is 11.8 Å². The van der Waals surface area contributed by atoms with Crippen LogP contribution in [0.15, 0.2) is 64.7 Å². The third-order valence-corrected chi connectivity index (χ3v) is 9.60. The summed E-state index contributed by atoms with van der Waals surface area (Å²) < 4.78 is 33.3.